The molecule has 1 N–H and O–H groups in total. The van der Waals surface area contributed by atoms with Crippen molar-refractivity contribution in [3.8, 4) is 0 Å². The summed E-state index contributed by atoms with van der Waals surface area (Å²) in [7, 11) is 0. The van der Waals surface area contributed by atoms with E-state index in [1.807, 2.05) is 0 Å². The van der Waals surface area contributed by atoms with Gasteiger partial charge in [0.15, 0.2) is 0 Å². The second-order valence-corrected chi connectivity index (χ2v) is 6.17. The fourth-order valence-electron chi connectivity index (χ4n) is 1.35. The number of aryl methyl sites for hydroxylation is 2. The van der Waals surface area contributed by atoms with Gasteiger partial charge in [-0.2, -0.15) is 0 Å². The lowest BCUT2D eigenvalue weighted by atomic mass is 9.97. The molecule has 0 bridgehead atoms. The standard InChI is InChI=1S/C12H22N2S.ClH/c1-10-8-15-11(14-10)6-5-7-13-9-12(2,3)4;/h8,13H,5-7,9H2,1-4H3;1H. The van der Waals surface area contributed by atoms with Crippen LogP contribution >= 0.6 is 23.7 Å². The molecule has 2 nitrogen and oxygen atoms in total. The van der Waals surface area contributed by atoms with Crippen LogP contribution in [0.2, 0.25) is 0 Å². The van der Waals surface area contributed by atoms with Gasteiger partial charge >= 0.3 is 0 Å². The SMILES string of the molecule is Cc1csc(CCCNCC(C)(C)C)n1.Cl. The molecule has 1 heterocycles. The number of hydrogen-bond donors (Lipinski definition) is 1. The van der Waals surface area contributed by atoms with Gasteiger partial charge in [0.05, 0.1) is 5.01 Å². The Morgan fingerprint density at radius 1 is 1.38 bits per heavy atom. The van der Waals surface area contributed by atoms with Gasteiger partial charge in [0.1, 0.15) is 0 Å². The van der Waals surface area contributed by atoms with Crippen molar-refractivity contribution in [2.45, 2.75) is 40.5 Å². The molecule has 0 aliphatic carbocycles. The lowest BCUT2D eigenvalue weighted by Crippen LogP contribution is -2.27. The van der Waals surface area contributed by atoms with Gasteiger partial charge in [0.25, 0.3) is 0 Å². The van der Waals surface area contributed by atoms with E-state index >= 15 is 0 Å². The van der Waals surface area contributed by atoms with Crippen LogP contribution in [0.15, 0.2) is 5.38 Å². The topological polar surface area (TPSA) is 24.9 Å². The van der Waals surface area contributed by atoms with Crippen LogP contribution in [0, 0.1) is 12.3 Å². The van der Waals surface area contributed by atoms with E-state index in [0.717, 1.165) is 25.2 Å². The van der Waals surface area contributed by atoms with Gasteiger partial charge in [-0.05, 0) is 31.8 Å². The van der Waals surface area contributed by atoms with Crippen molar-refractivity contribution >= 4 is 23.7 Å². The highest BCUT2D eigenvalue weighted by Crippen LogP contribution is 2.11. The van der Waals surface area contributed by atoms with Crippen molar-refractivity contribution in [2.75, 3.05) is 13.1 Å². The minimum atomic E-state index is 0. The van der Waals surface area contributed by atoms with Crippen LogP contribution in [0.3, 0.4) is 0 Å². The number of thiazole rings is 1. The van der Waals surface area contributed by atoms with E-state index in [1.54, 1.807) is 11.3 Å². The van der Waals surface area contributed by atoms with Gasteiger partial charge in [-0.25, -0.2) is 4.98 Å². The molecular formula is C12H23ClN2S. The van der Waals surface area contributed by atoms with Crippen LogP contribution in [-0.4, -0.2) is 18.1 Å². The maximum atomic E-state index is 4.45. The molecule has 1 aromatic heterocycles. The first-order valence-corrected chi connectivity index (χ1v) is 6.47. The fraction of sp³-hybridized carbons (Fsp3) is 0.750. The Balaban J connectivity index is 0.00000225. The first kappa shape index (κ1) is 15.9. The molecule has 0 aromatic carbocycles. The van der Waals surface area contributed by atoms with Gasteiger partial charge in [0.2, 0.25) is 0 Å². The predicted octanol–water partition coefficient (Wildman–Crippen LogP) is 3.44. The summed E-state index contributed by atoms with van der Waals surface area (Å²) in [6.07, 6.45) is 2.29. The van der Waals surface area contributed by atoms with Crippen molar-refractivity contribution in [3.63, 3.8) is 0 Å². The Labute approximate surface area is 109 Å². The molecule has 1 rings (SSSR count). The Morgan fingerprint density at radius 2 is 2.06 bits per heavy atom. The van der Waals surface area contributed by atoms with Crippen molar-refractivity contribution in [3.05, 3.63) is 16.1 Å². The molecule has 0 saturated carbocycles. The molecule has 0 aliphatic heterocycles. The average molecular weight is 263 g/mol. The summed E-state index contributed by atoms with van der Waals surface area (Å²) in [4.78, 5) is 4.45. The predicted molar refractivity (Wildman–Crippen MR) is 74.7 cm³/mol. The molecule has 0 unspecified atom stereocenters. The van der Waals surface area contributed by atoms with Crippen molar-refractivity contribution in [2.24, 2.45) is 5.41 Å². The Morgan fingerprint density at radius 3 is 2.56 bits per heavy atom. The largest absolute Gasteiger partial charge is 0.316 e. The number of rotatable bonds is 5. The second kappa shape index (κ2) is 7.25. The molecule has 0 aliphatic rings. The molecule has 0 fully saturated rings. The van der Waals surface area contributed by atoms with Crippen molar-refractivity contribution < 1.29 is 0 Å². The fourth-order valence-corrected chi connectivity index (χ4v) is 2.16. The first-order valence-electron chi connectivity index (χ1n) is 5.59. The Hall–Kier alpha value is -0.120. The van der Waals surface area contributed by atoms with E-state index < -0.39 is 0 Å². The summed E-state index contributed by atoms with van der Waals surface area (Å²) in [5, 5.41) is 6.87. The van der Waals surface area contributed by atoms with E-state index in [0.29, 0.717) is 5.41 Å². The van der Waals surface area contributed by atoms with Crippen LogP contribution in [0.1, 0.15) is 37.9 Å². The van der Waals surface area contributed by atoms with Gasteiger partial charge in [-0.1, -0.05) is 20.8 Å². The summed E-state index contributed by atoms with van der Waals surface area (Å²) < 4.78 is 0. The van der Waals surface area contributed by atoms with Gasteiger partial charge in [-0.15, -0.1) is 23.7 Å². The second-order valence-electron chi connectivity index (χ2n) is 5.22. The van der Waals surface area contributed by atoms with Gasteiger partial charge < -0.3 is 5.32 Å². The monoisotopic (exact) mass is 262 g/mol. The lowest BCUT2D eigenvalue weighted by Gasteiger charge is -2.18. The van der Waals surface area contributed by atoms with E-state index in [1.165, 1.54) is 11.4 Å². The molecule has 94 valence electrons. The normalized spacial score (nSPS) is 11.2. The number of hydrogen-bond acceptors (Lipinski definition) is 3. The third-order valence-electron chi connectivity index (χ3n) is 2.07. The molecule has 0 amide bonds. The van der Waals surface area contributed by atoms with Crippen LogP contribution in [-0.2, 0) is 6.42 Å². The zero-order valence-corrected chi connectivity index (χ0v) is 12.3. The lowest BCUT2D eigenvalue weighted by molar-refractivity contribution is 0.379. The molecule has 0 spiro atoms. The van der Waals surface area contributed by atoms with Gasteiger partial charge in [0, 0.05) is 17.5 Å². The average Bonchev–Trinajstić information content (AvgIpc) is 2.49. The van der Waals surface area contributed by atoms with E-state index in [9.17, 15) is 0 Å². The summed E-state index contributed by atoms with van der Waals surface area (Å²) in [6, 6.07) is 0. The highest BCUT2D eigenvalue weighted by molar-refractivity contribution is 7.09. The maximum absolute atomic E-state index is 4.45. The van der Waals surface area contributed by atoms with Crippen LogP contribution in [0.4, 0.5) is 0 Å². The minimum absolute atomic E-state index is 0. The van der Waals surface area contributed by atoms with Crippen LogP contribution in [0.25, 0.3) is 0 Å². The summed E-state index contributed by atoms with van der Waals surface area (Å²) in [5.74, 6) is 0. The molecule has 0 atom stereocenters. The van der Waals surface area contributed by atoms with E-state index in [-0.39, 0.29) is 12.4 Å². The van der Waals surface area contributed by atoms with Crippen LogP contribution in [0.5, 0.6) is 0 Å². The molecule has 4 heteroatoms. The molecule has 0 saturated heterocycles. The zero-order chi connectivity index (χ0) is 11.3. The zero-order valence-electron chi connectivity index (χ0n) is 10.7. The quantitative estimate of drug-likeness (QED) is 0.823. The first-order chi connectivity index (χ1) is 6.97. The minimum Gasteiger partial charge on any atom is -0.316 e. The number of nitrogens with one attached hydrogen (secondary N) is 1. The summed E-state index contributed by atoms with van der Waals surface area (Å²) in [5.41, 5.74) is 1.54. The smallest absolute Gasteiger partial charge is 0.0928 e. The Bertz CT molecular complexity index is 291. The van der Waals surface area contributed by atoms with E-state index in [2.05, 4.69) is 43.4 Å². The maximum Gasteiger partial charge on any atom is 0.0928 e. The van der Waals surface area contributed by atoms with Gasteiger partial charge in [-0.3, -0.25) is 0 Å². The number of nitrogens with zero attached hydrogens (tertiary/aromatic N) is 1. The molecule has 1 aromatic rings. The Kier molecular flexibility index (Phi) is 7.20. The highest BCUT2D eigenvalue weighted by Gasteiger charge is 2.08. The highest BCUT2D eigenvalue weighted by atomic mass is 35.5. The summed E-state index contributed by atoms with van der Waals surface area (Å²) in [6.45, 7) is 11.0. The number of aromatic nitrogens is 1. The van der Waals surface area contributed by atoms with Crippen LogP contribution < -0.4 is 5.32 Å². The summed E-state index contributed by atoms with van der Waals surface area (Å²) >= 11 is 1.77. The molecule has 0 radical (unpaired) electrons. The molecular weight excluding hydrogens is 240 g/mol. The van der Waals surface area contributed by atoms with E-state index in [4.69, 9.17) is 0 Å². The third kappa shape index (κ3) is 7.20. The third-order valence-corrected chi connectivity index (χ3v) is 3.09. The van der Waals surface area contributed by atoms with Crippen molar-refractivity contribution in [1.29, 1.82) is 0 Å². The number of halogens is 1. The molecule has 16 heavy (non-hydrogen) atoms. The van der Waals surface area contributed by atoms with Crippen molar-refractivity contribution in [1.82, 2.24) is 10.3 Å².